The number of nitrogens with zero attached hydrogens (tertiary/aromatic N) is 1. The number of rotatable bonds is 4. The Kier molecular flexibility index (Phi) is 3.39. The number of hydrogen-bond donors (Lipinski definition) is 2. The van der Waals surface area contributed by atoms with E-state index in [1.807, 2.05) is 7.05 Å². The first-order valence-electron chi connectivity index (χ1n) is 5.27. The number of aromatic nitrogens is 2. The molecule has 0 aliphatic heterocycles. The van der Waals surface area contributed by atoms with Crippen molar-refractivity contribution in [1.29, 1.82) is 0 Å². The Bertz CT molecular complexity index is 510. The molecule has 1 aromatic heterocycles. The van der Waals surface area contributed by atoms with Gasteiger partial charge in [0.05, 0.1) is 31.1 Å². The van der Waals surface area contributed by atoms with Gasteiger partial charge in [-0.3, -0.25) is 0 Å². The molecule has 0 bridgehead atoms. The van der Waals surface area contributed by atoms with Crippen molar-refractivity contribution in [3.05, 3.63) is 36.0 Å². The van der Waals surface area contributed by atoms with Crippen LogP contribution in [0.2, 0.25) is 0 Å². The maximum atomic E-state index is 13.8. The van der Waals surface area contributed by atoms with Crippen LogP contribution in [0.3, 0.4) is 0 Å². The second-order valence-corrected chi connectivity index (χ2v) is 3.59. The fourth-order valence-electron chi connectivity index (χ4n) is 1.68. The molecule has 1 heterocycles. The first-order valence-corrected chi connectivity index (χ1v) is 5.27. The molecule has 4 nitrogen and oxygen atoms in total. The van der Waals surface area contributed by atoms with Crippen molar-refractivity contribution in [3.8, 4) is 17.0 Å². The summed E-state index contributed by atoms with van der Waals surface area (Å²) in [5.74, 6) is 0.918. The molecule has 0 fully saturated rings. The number of H-pyrrole nitrogens is 1. The third-order valence-electron chi connectivity index (χ3n) is 2.44. The van der Waals surface area contributed by atoms with Crippen molar-refractivity contribution in [3.63, 3.8) is 0 Å². The summed E-state index contributed by atoms with van der Waals surface area (Å²) in [6.45, 7) is 0.608. The van der Waals surface area contributed by atoms with E-state index in [1.54, 1.807) is 18.3 Å². The van der Waals surface area contributed by atoms with E-state index in [2.05, 4.69) is 15.3 Å². The highest BCUT2D eigenvalue weighted by Crippen LogP contribution is 2.30. The third-order valence-corrected chi connectivity index (χ3v) is 2.44. The quantitative estimate of drug-likeness (QED) is 0.851. The molecule has 0 aliphatic carbocycles. The van der Waals surface area contributed by atoms with Crippen LogP contribution in [0.4, 0.5) is 4.39 Å². The second-order valence-electron chi connectivity index (χ2n) is 3.59. The van der Waals surface area contributed by atoms with Crippen LogP contribution < -0.4 is 10.1 Å². The summed E-state index contributed by atoms with van der Waals surface area (Å²) in [5.41, 5.74) is 1.02. The second kappa shape index (κ2) is 4.97. The Morgan fingerprint density at radius 1 is 1.47 bits per heavy atom. The molecule has 2 aromatic rings. The minimum absolute atomic E-state index is 0.330. The van der Waals surface area contributed by atoms with E-state index in [0.717, 1.165) is 5.82 Å². The highest BCUT2D eigenvalue weighted by Gasteiger charge is 2.13. The van der Waals surface area contributed by atoms with E-state index in [0.29, 0.717) is 23.6 Å². The minimum atomic E-state index is -0.330. The number of benzene rings is 1. The Hall–Kier alpha value is -1.88. The number of ether oxygens (including phenoxy) is 1. The zero-order valence-corrected chi connectivity index (χ0v) is 9.75. The van der Waals surface area contributed by atoms with Gasteiger partial charge in [0.1, 0.15) is 17.4 Å². The molecule has 0 spiro atoms. The fourth-order valence-corrected chi connectivity index (χ4v) is 1.68. The van der Waals surface area contributed by atoms with Crippen LogP contribution in [-0.2, 0) is 6.54 Å². The Balaban J connectivity index is 2.44. The standard InChI is InChI=1S/C12H14FN3O/c1-14-7-11-15-6-9(16-11)12-8(13)4-3-5-10(12)17-2/h3-6,14H,7H2,1-2H3,(H,15,16). The van der Waals surface area contributed by atoms with E-state index >= 15 is 0 Å². The van der Waals surface area contributed by atoms with Crippen LogP contribution >= 0.6 is 0 Å². The molecule has 0 atom stereocenters. The number of imidazole rings is 1. The summed E-state index contributed by atoms with van der Waals surface area (Å²) in [5, 5.41) is 2.97. The smallest absolute Gasteiger partial charge is 0.136 e. The molecule has 1 aromatic carbocycles. The molecule has 0 radical (unpaired) electrons. The maximum absolute atomic E-state index is 13.8. The molecular formula is C12H14FN3O. The summed E-state index contributed by atoms with van der Waals surface area (Å²) >= 11 is 0. The van der Waals surface area contributed by atoms with Crippen molar-refractivity contribution in [1.82, 2.24) is 15.3 Å². The molecule has 90 valence electrons. The van der Waals surface area contributed by atoms with Crippen molar-refractivity contribution in [2.75, 3.05) is 14.2 Å². The average Bonchev–Trinajstić information content (AvgIpc) is 2.77. The van der Waals surface area contributed by atoms with Gasteiger partial charge in [-0.2, -0.15) is 0 Å². The van der Waals surface area contributed by atoms with Gasteiger partial charge in [0.15, 0.2) is 0 Å². The van der Waals surface area contributed by atoms with Gasteiger partial charge in [-0.25, -0.2) is 9.37 Å². The molecule has 0 aliphatic rings. The summed E-state index contributed by atoms with van der Waals surface area (Å²) < 4.78 is 18.9. The van der Waals surface area contributed by atoms with Crippen LogP contribution in [0, 0.1) is 5.82 Å². The number of halogens is 1. The van der Waals surface area contributed by atoms with Gasteiger partial charge in [-0.1, -0.05) is 6.07 Å². The maximum Gasteiger partial charge on any atom is 0.136 e. The summed E-state index contributed by atoms with van der Waals surface area (Å²) in [6, 6.07) is 4.73. The molecule has 0 amide bonds. The normalized spacial score (nSPS) is 10.5. The molecule has 0 saturated heterocycles. The summed E-state index contributed by atoms with van der Waals surface area (Å²) in [4.78, 5) is 7.21. The Morgan fingerprint density at radius 3 is 3.00 bits per heavy atom. The van der Waals surface area contributed by atoms with Gasteiger partial charge in [-0.15, -0.1) is 0 Å². The predicted molar refractivity (Wildman–Crippen MR) is 63.3 cm³/mol. The Morgan fingerprint density at radius 2 is 2.29 bits per heavy atom. The van der Waals surface area contributed by atoms with Crippen molar-refractivity contribution in [2.45, 2.75) is 6.54 Å². The van der Waals surface area contributed by atoms with Crippen LogP contribution in [0.15, 0.2) is 24.4 Å². The predicted octanol–water partition coefficient (Wildman–Crippen LogP) is 1.94. The monoisotopic (exact) mass is 235 g/mol. The largest absolute Gasteiger partial charge is 0.496 e. The van der Waals surface area contributed by atoms with E-state index in [9.17, 15) is 4.39 Å². The number of nitrogens with one attached hydrogen (secondary N) is 2. The van der Waals surface area contributed by atoms with Crippen molar-refractivity contribution < 1.29 is 9.13 Å². The number of methoxy groups -OCH3 is 1. The van der Waals surface area contributed by atoms with Crippen molar-refractivity contribution in [2.24, 2.45) is 0 Å². The van der Waals surface area contributed by atoms with Gasteiger partial charge < -0.3 is 15.0 Å². The molecule has 5 heteroatoms. The van der Waals surface area contributed by atoms with Crippen LogP contribution in [-0.4, -0.2) is 24.1 Å². The van der Waals surface area contributed by atoms with E-state index in [1.165, 1.54) is 13.2 Å². The summed E-state index contributed by atoms with van der Waals surface area (Å²) in [6.07, 6.45) is 1.60. The van der Waals surface area contributed by atoms with Crippen molar-refractivity contribution >= 4 is 0 Å². The zero-order valence-electron chi connectivity index (χ0n) is 9.75. The molecule has 0 saturated carbocycles. The lowest BCUT2D eigenvalue weighted by Gasteiger charge is -2.07. The lowest BCUT2D eigenvalue weighted by molar-refractivity contribution is 0.413. The fraction of sp³-hybridized carbons (Fsp3) is 0.250. The van der Waals surface area contributed by atoms with E-state index < -0.39 is 0 Å². The molecule has 2 rings (SSSR count). The highest BCUT2D eigenvalue weighted by atomic mass is 19.1. The molecule has 2 N–H and O–H groups in total. The molecular weight excluding hydrogens is 221 g/mol. The topological polar surface area (TPSA) is 49.9 Å². The van der Waals surface area contributed by atoms with Crippen LogP contribution in [0.5, 0.6) is 5.75 Å². The van der Waals surface area contributed by atoms with Gasteiger partial charge in [0.2, 0.25) is 0 Å². The van der Waals surface area contributed by atoms with Gasteiger partial charge in [0, 0.05) is 0 Å². The first-order chi connectivity index (χ1) is 8.26. The number of hydrogen-bond acceptors (Lipinski definition) is 3. The minimum Gasteiger partial charge on any atom is -0.496 e. The SMILES string of the molecule is CNCc1ncc(-c2c(F)cccc2OC)[nH]1. The van der Waals surface area contributed by atoms with Gasteiger partial charge in [-0.05, 0) is 19.2 Å². The van der Waals surface area contributed by atoms with Crippen LogP contribution in [0.25, 0.3) is 11.3 Å². The average molecular weight is 235 g/mol. The molecule has 0 unspecified atom stereocenters. The number of aromatic amines is 1. The molecule has 17 heavy (non-hydrogen) atoms. The van der Waals surface area contributed by atoms with E-state index in [4.69, 9.17) is 4.74 Å². The lowest BCUT2D eigenvalue weighted by Crippen LogP contribution is -2.06. The van der Waals surface area contributed by atoms with Gasteiger partial charge >= 0.3 is 0 Å². The van der Waals surface area contributed by atoms with Gasteiger partial charge in [0.25, 0.3) is 0 Å². The van der Waals surface area contributed by atoms with Crippen LogP contribution in [0.1, 0.15) is 5.82 Å². The third kappa shape index (κ3) is 2.29. The lowest BCUT2D eigenvalue weighted by atomic mass is 10.1. The Labute approximate surface area is 98.8 Å². The van der Waals surface area contributed by atoms with E-state index in [-0.39, 0.29) is 5.82 Å². The zero-order chi connectivity index (χ0) is 12.3. The first kappa shape index (κ1) is 11.6. The summed E-state index contributed by atoms with van der Waals surface area (Å²) in [7, 11) is 3.34. The highest BCUT2D eigenvalue weighted by molar-refractivity contribution is 5.67.